The quantitative estimate of drug-likeness (QED) is 0.758. The van der Waals surface area contributed by atoms with Gasteiger partial charge in [0.1, 0.15) is 0 Å². The molecule has 2 aromatic carbocycles. The van der Waals surface area contributed by atoms with Gasteiger partial charge in [-0.1, -0.05) is 19.1 Å². The number of hydrogen-bond acceptors (Lipinski definition) is 5. The Labute approximate surface area is 154 Å². The van der Waals surface area contributed by atoms with Gasteiger partial charge in [-0.05, 0) is 60.7 Å². The highest BCUT2D eigenvalue weighted by Gasteiger charge is 2.26. The molecule has 0 aliphatic heterocycles. The minimum atomic E-state index is -3.85. The summed E-state index contributed by atoms with van der Waals surface area (Å²) in [5.74, 6) is -0.0820. The molecule has 1 aliphatic rings. The standard InChI is InChI=1S/C18H22N2O4S2/c1-2-25(21,22)15-6-4-7-16(12-15)26(23,24)20-18-8-3-5-13-11-14(19)9-10-17(13)18/h4,6-7,9-12,18,20H,2-3,5,8,19H2,1H3. The zero-order valence-corrected chi connectivity index (χ0v) is 16.1. The van der Waals surface area contributed by atoms with E-state index in [1.165, 1.54) is 31.2 Å². The van der Waals surface area contributed by atoms with Gasteiger partial charge in [-0.3, -0.25) is 0 Å². The van der Waals surface area contributed by atoms with E-state index in [4.69, 9.17) is 5.73 Å². The number of nitrogen functional groups attached to an aromatic ring is 1. The van der Waals surface area contributed by atoms with E-state index in [0.29, 0.717) is 12.1 Å². The summed E-state index contributed by atoms with van der Waals surface area (Å²) in [5.41, 5.74) is 8.45. The van der Waals surface area contributed by atoms with Gasteiger partial charge in [-0.15, -0.1) is 0 Å². The van der Waals surface area contributed by atoms with Gasteiger partial charge in [0.15, 0.2) is 9.84 Å². The van der Waals surface area contributed by atoms with E-state index in [0.717, 1.165) is 24.0 Å². The second kappa shape index (κ2) is 7.02. The van der Waals surface area contributed by atoms with Crippen molar-refractivity contribution in [3.63, 3.8) is 0 Å². The van der Waals surface area contributed by atoms with Crippen LogP contribution < -0.4 is 10.5 Å². The Hall–Kier alpha value is -1.90. The van der Waals surface area contributed by atoms with Gasteiger partial charge in [0.25, 0.3) is 0 Å². The predicted molar refractivity (Wildman–Crippen MR) is 101 cm³/mol. The van der Waals surface area contributed by atoms with Crippen molar-refractivity contribution in [2.45, 2.75) is 42.0 Å². The molecule has 26 heavy (non-hydrogen) atoms. The van der Waals surface area contributed by atoms with Crippen LogP contribution in [0.5, 0.6) is 0 Å². The summed E-state index contributed by atoms with van der Waals surface area (Å²) in [6.45, 7) is 1.53. The van der Waals surface area contributed by atoms with Crippen LogP contribution in [-0.2, 0) is 26.3 Å². The van der Waals surface area contributed by atoms with Gasteiger partial charge in [0, 0.05) is 11.7 Å². The molecule has 140 valence electrons. The molecule has 1 unspecified atom stereocenters. The molecular formula is C18H22N2O4S2. The summed E-state index contributed by atoms with van der Waals surface area (Å²) in [6, 6.07) is 10.6. The number of sulfonamides is 1. The Morgan fingerprint density at radius 3 is 2.54 bits per heavy atom. The lowest BCUT2D eigenvalue weighted by Gasteiger charge is -2.26. The Morgan fingerprint density at radius 1 is 1.08 bits per heavy atom. The summed E-state index contributed by atoms with van der Waals surface area (Å²) in [6.07, 6.45) is 2.40. The number of fused-ring (bicyclic) bond motifs is 1. The maximum Gasteiger partial charge on any atom is 0.241 e. The number of sulfone groups is 1. The van der Waals surface area contributed by atoms with Gasteiger partial charge < -0.3 is 5.73 Å². The third kappa shape index (κ3) is 3.77. The first-order valence-corrected chi connectivity index (χ1v) is 11.6. The molecule has 3 N–H and O–H groups in total. The van der Waals surface area contributed by atoms with Crippen LogP contribution in [-0.4, -0.2) is 22.6 Å². The number of nitrogens with one attached hydrogen (secondary N) is 1. The number of anilines is 1. The van der Waals surface area contributed by atoms with Crippen molar-refractivity contribution in [2.75, 3.05) is 11.5 Å². The molecule has 0 spiro atoms. The smallest absolute Gasteiger partial charge is 0.241 e. The van der Waals surface area contributed by atoms with Crippen molar-refractivity contribution >= 4 is 25.5 Å². The van der Waals surface area contributed by atoms with E-state index in [1.807, 2.05) is 12.1 Å². The summed E-state index contributed by atoms with van der Waals surface area (Å²) >= 11 is 0. The minimum absolute atomic E-state index is 0.0136. The number of benzene rings is 2. The molecule has 0 bridgehead atoms. The molecular weight excluding hydrogens is 372 g/mol. The van der Waals surface area contributed by atoms with Gasteiger partial charge in [0.05, 0.1) is 15.5 Å². The molecule has 0 radical (unpaired) electrons. The van der Waals surface area contributed by atoms with Gasteiger partial charge >= 0.3 is 0 Å². The number of nitrogens with two attached hydrogens (primary N) is 1. The highest BCUT2D eigenvalue weighted by Crippen LogP contribution is 2.32. The van der Waals surface area contributed by atoms with Crippen LogP contribution in [0.25, 0.3) is 0 Å². The Bertz CT molecular complexity index is 1030. The predicted octanol–water partition coefficient (Wildman–Crippen LogP) is 2.42. The summed E-state index contributed by atoms with van der Waals surface area (Å²) < 4.78 is 52.4. The topological polar surface area (TPSA) is 106 Å². The third-order valence-corrected chi connectivity index (χ3v) is 7.84. The molecule has 0 amide bonds. The normalized spacial score (nSPS) is 17.7. The maximum absolute atomic E-state index is 12.8. The van der Waals surface area contributed by atoms with Crippen LogP contribution in [0.3, 0.4) is 0 Å². The van der Waals surface area contributed by atoms with Crippen LogP contribution in [0.4, 0.5) is 5.69 Å². The average molecular weight is 395 g/mol. The van der Waals surface area contributed by atoms with Gasteiger partial charge in [-0.2, -0.15) is 0 Å². The summed E-state index contributed by atoms with van der Waals surface area (Å²) in [7, 11) is -7.32. The zero-order valence-electron chi connectivity index (χ0n) is 14.5. The summed E-state index contributed by atoms with van der Waals surface area (Å²) in [5, 5.41) is 0. The van der Waals surface area contributed by atoms with Crippen molar-refractivity contribution < 1.29 is 16.8 Å². The molecule has 8 heteroatoms. The second-order valence-corrected chi connectivity index (χ2v) is 10.4. The lowest BCUT2D eigenvalue weighted by Crippen LogP contribution is -2.31. The molecule has 2 aromatic rings. The van der Waals surface area contributed by atoms with Crippen LogP contribution >= 0.6 is 0 Å². The van der Waals surface area contributed by atoms with Crippen LogP contribution in [0.1, 0.15) is 36.9 Å². The monoisotopic (exact) mass is 394 g/mol. The molecule has 1 aliphatic carbocycles. The number of hydrogen-bond donors (Lipinski definition) is 2. The number of rotatable bonds is 5. The first-order valence-electron chi connectivity index (χ1n) is 8.46. The molecule has 0 aromatic heterocycles. The molecule has 6 nitrogen and oxygen atoms in total. The van der Waals surface area contributed by atoms with Crippen molar-refractivity contribution in [3.8, 4) is 0 Å². The highest BCUT2D eigenvalue weighted by molar-refractivity contribution is 7.91. The van der Waals surface area contributed by atoms with Crippen LogP contribution in [0.15, 0.2) is 52.3 Å². The Morgan fingerprint density at radius 2 is 1.81 bits per heavy atom. The summed E-state index contributed by atoms with van der Waals surface area (Å²) in [4.78, 5) is -0.0331. The molecule has 1 atom stereocenters. The van der Waals surface area contributed by atoms with E-state index in [-0.39, 0.29) is 21.6 Å². The van der Waals surface area contributed by atoms with E-state index >= 15 is 0 Å². The average Bonchev–Trinajstić information content (AvgIpc) is 2.61. The van der Waals surface area contributed by atoms with Crippen molar-refractivity contribution in [1.82, 2.24) is 4.72 Å². The van der Waals surface area contributed by atoms with Crippen LogP contribution in [0.2, 0.25) is 0 Å². The SMILES string of the molecule is CCS(=O)(=O)c1cccc(S(=O)(=O)NC2CCCc3cc(N)ccc32)c1. The van der Waals surface area contributed by atoms with E-state index in [9.17, 15) is 16.8 Å². The van der Waals surface area contributed by atoms with E-state index < -0.39 is 19.9 Å². The van der Waals surface area contributed by atoms with Crippen molar-refractivity contribution in [1.29, 1.82) is 0 Å². The molecule has 0 saturated carbocycles. The fourth-order valence-electron chi connectivity index (χ4n) is 3.21. The minimum Gasteiger partial charge on any atom is -0.399 e. The lowest BCUT2D eigenvalue weighted by atomic mass is 9.88. The molecule has 0 heterocycles. The first kappa shape index (κ1) is 18.9. The first-order chi connectivity index (χ1) is 12.2. The zero-order chi connectivity index (χ0) is 18.9. The Kier molecular flexibility index (Phi) is 5.09. The fourth-order valence-corrected chi connectivity index (χ4v) is 5.51. The van der Waals surface area contributed by atoms with E-state index in [1.54, 1.807) is 6.07 Å². The molecule has 0 fully saturated rings. The molecule has 3 rings (SSSR count). The van der Waals surface area contributed by atoms with Gasteiger partial charge in [-0.25, -0.2) is 21.6 Å². The third-order valence-electron chi connectivity index (χ3n) is 4.63. The molecule has 0 saturated heterocycles. The maximum atomic E-state index is 12.8. The Balaban J connectivity index is 1.93. The number of aryl methyl sites for hydroxylation is 1. The largest absolute Gasteiger partial charge is 0.399 e. The van der Waals surface area contributed by atoms with Gasteiger partial charge in [0.2, 0.25) is 10.0 Å². The highest BCUT2D eigenvalue weighted by atomic mass is 32.2. The van der Waals surface area contributed by atoms with Crippen LogP contribution in [0, 0.1) is 0 Å². The van der Waals surface area contributed by atoms with Crippen molar-refractivity contribution in [2.24, 2.45) is 0 Å². The van der Waals surface area contributed by atoms with Crippen molar-refractivity contribution in [3.05, 3.63) is 53.6 Å². The van der Waals surface area contributed by atoms with E-state index in [2.05, 4.69) is 4.72 Å². The second-order valence-electron chi connectivity index (χ2n) is 6.40. The lowest BCUT2D eigenvalue weighted by molar-refractivity contribution is 0.507. The fraction of sp³-hybridized carbons (Fsp3) is 0.333.